The van der Waals surface area contributed by atoms with Crippen LogP contribution in [0.2, 0.25) is 0 Å². The van der Waals surface area contributed by atoms with Crippen LogP contribution in [0, 0.1) is 10.1 Å². The molecule has 0 bridgehead atoms. The zero-order valence-electron chi connectivity index (χ0n) is 14.9. The van der Waals surface area contributed by atoms with Crippen LogP contribution in [0.5, 0.6) is 0 Å². The van der Waals surface area contributed by atoms with Crippen molar-refractivity contribution in [2.75, 3.05) is 6.61 Å². The number of H-pyrrole nitrogens is 1. The number of aromatic amines is 1. The van der Waals surface area contributed by atoms with Crippen LogP contribution in [0.1, 0.15) is 21.5 Å². The maximum atomic E-state index is 13.2. The molecule has 1 heterocycles. The van der Waals surface area contributed by atoms with Gasteiger partial charge < -0.3 is 9.72 Å². The Bertz CT molecular complexity index is 1040. The number of nitro groups is 1. The number of rotatable bonds is 6. The Morgan fingerprint density at radius 1 is 1.10 bits per heavy atom. The number of aromatic nitrogens is 1. The van der Waals surface area contributed by atoms with Crippen LogP contribution in [0.15, 0.2) is 60.8 Å². The summed E-state index contributed by atoms with van der Waals surface area (Å²) in [6, 6.07) is 12.4. The highest BCUT2D eigenvalue weighted by Crippen LogP contribution is 2.36. The molecule has 0 aliphatic heterocycles. The Morgan fingerprint density at radius 2 is 1.79 bits per heavy atom. The van der Waals surface area contributed by atoms with Crippen molar-refractivity contribution in [3.05, 3.63) is 87.6 Å². The lowest BCUT2D eigenvalue weighted by molar-refractivity contribution is -0.385. The second-order valence-corrected chi connectivity index (χ2v) is 6.12. The van der Waals surface area contributed by atoms with E-state index in [1.807, 2.05) is 0 Å². The Morgan fingerprint density at radius 3 is 2.52 bits per heavy atom. The summed E-state index contributed by atoms with van der Waals surface area (Å²) < 4.78 is 44.6. The molecule has 6 nitrogen and oxygen atoms in total. The quantitative estimate of drug-likeness (QED) is 0.356. The van der Waals surface area contributed by atoms with E-state index >= 15 is 0 Å². The summed E-state index contributed by atoms with van der Waals surface area (Å²) in [4.78, 5) is 25.3. The van der Waals surface area contributed by atoms with Crippen molar-refractivity contribution in [1.29, 1.82) is 0 Å². The van der Waals surface area contributed by atoms with Crippen molar-refractivity contribution < 1.29 is 27.6 Å². The lowest BCUT2D eigenvalue weighted by Crippen LogP contribution is -2.08. The topological polar surface area (TPSA) is 85.2 Å². The Labute approximate surface area is 163 Å². The van der Waals surface area contributed by atoms with E-state index in [0.717, 1.165) is 6.07 Å². The van der Waals surface area contributed by atoms with Gasteiger partial charge in [-0.15, -0.1) is 0 Å². The van der Waals surface area contributed by atoms with Crippen LogP contribution in [0.25, 0.3) is 11.3 Å². The number of nitrogens with one attached hydrogen (secondary N) is 1. The first-order valence-corrected chi connectivity index (χ1v) is 8.52. The first kappa shape index (κ1) is 20.1. The summed E-state index contributed by atoms with van der Waals surface area (Å²) in [5.41, 5.74) is -0.379. The molecule has 1 N–H and O–H groups in total. The Balaban J connectivity index is 1.69. The molecule has 2 aromatic carbocycles. The number of ether oxygens (including phenoxy) is 1. The molecular formula is C20H15F3N2O4. The van der Waals surface area contributed by atoms with E-state index in [9.17, 15) is 28.1 Å². The molecule has 150 valence electrons. The van der Waals surface area contributed by atoms with Crippen LogP contribution in [0.3, 0.4) is 0 Å². The smallest absolute Gasteiger partial charge is 0.417 e. The van der Waals surface area contributed by atoms with Gasteiger partial charge in [-0.1, -0.05) is 36.4 Å². The third-order valence-corrected chi connectivity index (χ3v) is 4.23. The molecule has 0 saturated carbocycles. The molecule has 9 heteroatoms. The van der Waals surface area contributed by atoms with Gasteiger partial charge in [0.2, 0.25) is 0 Å². The van der Waals surface area contributed by atoms with Crippen LogP contribution < -0.4 is 0 Å². The summed E-state index contributed by atoms with van der Waals surface area (Å²) in [5.74, 6) is -0.740. The molecule has 0 amide bonds. The van der Waals surface area contributed by atoms with E-state index < -0.39 is 22.6 Å². The van der Waals surface area contributed by atoms with Crippen molar-refractivity contribution in [3.8, 4) is 11.3 Å². The second kappa shape index (κ2) is 8.17. The summed E-state index contributed by atoms with van der Waals surface area (Å²) in [5, 5.41) is 11.0. The number of para-hydroxylation sites is 1. The summed E-state index contributed by atoms with van der Waals surface area (Å²) in [6.07, 6.45) is -3.14. The van der Waals surface area contributed by atoms with Crippen molar-refractivity contribution >= 4 is 11.7 Å². The maximum absolute atomic E-state index is 13.2. The number of carbonyl (C=O) groups excluding carboxylic acids is 1. The molecule has 0 unspecified atom stereocenters. The SMILES string of the molecule is O=C(OCCc1ccccc1[N+](=O)[O-])c1c[nH]c(-c2ccccc2C(F)(F)F)c1. The minimum atomic E-state index is -4.53. The fourth-order valence-electron chi connectivity index (χ4n) is 2.87. The number of esters is 1. The average Bonchev–Trinajstić information content (AvgIpc) is 3.18. The lowest BCUT2D eigenvalue weighted by Gasteiger charge is -2.11. The van der Waals surface area contributed by atoms with Gasteiger partial charge in [0.15, 0.2) is 0 Å². The molecule has 0 spiro atoms. The minimum Gasteiger partial charge on any atom is -0.462 e. The predicted octanol–water partition coefficient (Wildman–Crippen LogP) is 5.01. The lowest BCUT2D eigenvalue weighted by atomic mass is 10.0. The van der Waals surface area contributed by atoms with Crippen molar-refractivity contribution in [1.82, 2.24) is 4.98 Å². The third-order valence-electron chi connectivity index (χ3n) is 4.23. The highest BCUT2D eigenvalue weighted by Gasteiger charge is 2.33. The number of halogens is 3. The van der Waals surface area contributed by atoms with Gasteiger partial charge >= 0.3 is 12.1 Å². The maximum Gasteiger partial charge on any atom is 0.417 e. The number of hydrogen-bond acceptors (Lipinski definition) is 4. The molecule has 0 atom stereocenters. The third kappa shape index (κ3) is 4.63. The number of benzene rings is 2. The summed E-state index contributed by atoms with van der Waals surface area (Å²) in [7, 11) is 0. The molecule has 0 saturated heterocycles. The molecule has 3 rings (SSSR count). The van der Waals surface area contributed by atoms with Gasteiger partial charge in [-0.25, -0.2) is 4.79 Å². The highest BCUT2D eigenvalue weighted by atomic mass is 19.4. The number of nitro benzene ring substituents is 1. The van der Waals surface area contributed by atoms with Gasteiger partial charge in [0.05, 0.1) is 22.7 Å². The van der Waals surface area contributed by atoms with Gasteiger partial charge in [0, 0.05) is 35.5 Å². The van der Waals surface area contributed by atoms with Gasteiger partial charge in [0.1, 0.15) is 0 Å². The van der Waals surface area contributed by atoms with E-state index in [2.05, 4.69) is 4.98 Å². The molecule has 0 aliphatic carbocycles. The van der Waals surface area contributed by atoms with Gasteiger partial charge in [-0.05, 0) is 12.1 Å². The molecule has 1 aromatic heterocycles. The van der Waals surface area contributed by atoms with E-state index in [4.69, 9.17) is 4.74 Å². The van der Waals surface area contributed by atoms with E-state index in [0.29, 0.717) is 5.56 Å². The molecule has 0 fully saturated rings. The van der Waals surface area contributed by atoms with Crippen LogP contribution in [-0.4, -0.2) is 22.5 Å². The highest BCUT2D eigenvalue weighted by molar-refractivity contribution is 5.91. The van der Waals surface area contributed by atoms with Crippen LogP contribution >= 0.6 is 0 Å². The first-order chi connectivity index (χ1) is 13.8. The fraction of sp³-hybridized carbons (Fsp3) is 0.150. The summed E-state index contributed by atoms with van der Waals surface area (Å²) in [6.45, 7) is -0.108. The Kier molecular flexibility index (Phi) is 5.67. The zero-order chi connectivity index (χ0) is 21.0. The normalized spacial score (nSPS) is 11.3. The number of alkyl halides is 3. The number of carbonyl (C=O) groups is 1. The standard InChI is InChI=1S/C20H15F3N2O4/c21-20(22,23)16-7-3-2-6-15(16)17-11-14(12-24-17)19(26)29-10-9-13-5-1-4-8-18(13)25(27)28/h1-8,11-12,24H,9-10H2. The van der Waals surface area contributed by atoms with Gasteiger partial charge in [-0.2, -0.15) is 13.2 Å². The van der Waals surface area contributed by atoms with Crippen molar-refractivity contribution in [2.45, 2.75) is 12.6 Å². The van der Waals surface area contributed by atoms with E-state index in [1.165, 1.54) is 42.6 Å². The van der Waals surface area contributed by atoms with Crippen molar-refractivity contribution in [3.63, 3.8) is 0 Å². The molecular weight excluding hydrogens is 389 g/mol. The minimum absolute atomic E-state index is 0.0551. The van der Waals surface area contributed by atoms with Gasteiger partial charge in [0.25, 0.3) is 5.69 Å². The average molecular weight is 404 g/mol. The van der Waals surface area contributed by atoms with Crippen molar-refractivity contribution in [2.24, 2.45) is 0 Å². The first-order valence-electron chi connectivity index (χ1n) is 8.52. The largest absolute Gasteiger partial charge is 0.462 e. The van der Waals surface area contributed by atoms with Crippen LogP contribution in [-0.2, 0) is 17.3 Å². The molecule has 3 aromatic rings. The summed E-state index contributed by atoms with van der Waals surface area (Å²) >= 11 is 0. The molecule has 29 heavy (non-hydrogen) atoms. The zero-order valence-corrected chi connectivity index (χ0v) is 14.9. The monoisotopic (exact) mass is 404 g/mol. The second-order valence-electron chi connectivity index (χ2n) is 6.12. The Hall–Kier alpha value is -3.62. The fourth-order valence-corrected chi connectivity index (χ4v) is 2.87. The molecule has 0 radical (unpaired) electrons. The van der Waals surface area contributed by atoms with E-state index in [-0.39, 0.29) is 35.5 Å². The number of nitrogens with zero attached hydrogens (tertiary/aromatic N) is 1. The number of hydrogen-bond donors (Lipinski definition) is 1. The van der Waals surface area contributed by atoms with Crippen LogP contribution in [0.4, 0.5) is 18.9 Å². The predicted molar refractivity (Wildman–Crippen MR) is 98.3 cm³/mol. The van der Waals surface area contributed by atoms with E-state index in [1.54, 1.807) is 12.1 Å². The molecule has 0 aliphatic rings. The van der Waals surface area contributed by atoms with Gasteiger partial charge in [-0.3, -0.25) is 10.1 Å².